The SMILES string of the molecule is CC(C)(C)c1cc(NC(=O)CNc2ccccc2C(N)=O)on1. The first-order valence-corrected chi connectivity index (χ1v) is 7.17. The highest BCUT2D eigenvalue weighted by molar-refractivity contribution is 5.99. The van der Waals surface area contributed by atoms with E-state index in [0.717, 1.165) is 5.69 Å². The lowest BCUT2D eigenvalue weighted by atomic mass is 9.92. The van der Waals surface area contributed by atoms with Crippen LogP contribution in [0.5, 0.6) is 0 Å². The number of hydrogen-bond donors (Lipinski definition) is 3. The molecule has 1 aromatic heterocycles. The zero-order valence-electron chi connectivity index (χ0n) is 13.3. The number of nitrogens with one attached hydrogen (secondary N) is 2. The smallest absolute Gasteiger partial charge is 0.250 e. The second-order valence-corrected chi connectivity index (χ2v) is 6.14. The van der Waals surface area contributed by atoms with Crippen molar-refractivity contribution in [2.24, 2.45) is 5.73 Å². The fourth-order valence-electron chi connectivity index (χ4n) is 1.90. The third kappa shape index (κ3) is 4.32. The van der Waals surface area contributed by atoms with Gasteiger partial charge in [0.1, 0.15) is 0 Å². The summed E-state index contributed by atoms with van der Waals surface area (Å²) in [5.74, 6) is -0.593. The second-order valence-electron chi connectivity index (χ2n) is 6.14. The Labute approximate surface area is 134 Å². The first-order valence-electron chi connectivity index (χ1n) is 7.17. The highest BCUT2D eigenvalue weighted by atomic mass is 16.5. The van der Waals surface area contributed by atoms with Gasteiger partial charge in [0.25, 0.3) is 5.91 Å². The van der Waals surface area contributed by atoms with Crippen LogP contribution in [0.3, 0.4) is 0 Å². The summed E-state index contributed by atoms with van der Waals surface area (Å²) in [6.45, 7) is 5.96. The van der Waals surface area contributed by atoms with Crippen LogP contribution in [-0.2, 0) is 10.2 Å². The lowest BCUT2D eigenvalue weighted by Gasteiger charge is -2.12. The van der Waals surface area contributed by atoms with Crippen molar-refractivity contribution in [3.05, 3.63) is 41.6 Å². The largest absolute Gasteiger partial charge is 0.375 e. The van der Waals surface area contributed by atoms with Gasteiger partial charge in [0.05, 0.1) is 17.8 Å². The van der Waals surface area contributed by atoms with Gasteiger partial charge in [-0.2, -0.15) is 0 Å². The van der Waals surface area contributed by atoms with Crippen molar-refractivity contribution in [2.75, 3.05) is 17.2 Å². The Morgan fingerprint density at radius 1 is 1.26 bits per heavy atom. The van der Waals surface area contributed by atoms with Crippen LogP contribution in [-0.4, -0.2) is 23.5 Å². The van der Waals surface area contributed by atoms with Gasteiger partial charge in [-0.05, 0) is 12.1 Å². The van der Waals surface area contributed by atoms with E-state index in [-0.39, 0.29) is 23.8 Å². The standard InChI is InChI=1S/C16H20N4O3/c1-16(2,3)12-8-14(23-20-12)19-13(21)9-18-11-7-5-4-6-10(11)15(17)22/h4-8,18H,9H2,1-3H3,(H2,17,22)(H,19,21). The van der Waals surface area contributed by atoms with E-state index in [1.807, 2.05) is 20.8 Å². The van der Waals surface area contributed by atoms with Crippen molar-refractivity contribution in [3.63, 3.8) is 0 Å². The molecule has 23 heavy (non-hydrogen) atoms. The fourth-order valence-corrected chi connectivity index (χ4v) is 1.90. The Kier molecular flexibility index (Phi) is 4.68. The maximum atomic E-state index is 11.9. The molecular weight excluding hydrogens is 296 g/mol. The molecular formula is C16H20N4O3. The molecule has 0 aliphatic heterocycles. The lowest BCUT2D eigenvalue weighted by Crippen LogP contribution is -2.23. The number of aromatic nitrogens is 1. The topological polar surface area (TPSA) is 110 Å². The summed E-state index contributed by atoms with van der Waals surface area (Å²) in [5.41, 5.74) is 6.71. The first-order chi connectivity index (χ1) is 10.8. The summed E-state index contributed by atoms with van der Waals surface area (Å²) >= 11 is 0. The van der Waals surface area contributed by atoms with E-state index in [0.29, 0.717) is 11.3 Å². The molecule has 0 fully saturated rings. The molecule has 0 saturated carbocycles. The zero-order chi connectivity index (χ0) is 17.0. The van der Waals surface area contributed by atoms with E-state index >= 15 is 0 Å². The minimum absolute atomic E-state index is 0.0319. The van der Waals surface area contributed by atoms with Crippen molar-refractivity contribution in [1.82, 2.24) is 5.16 Å². The second kappa shape index (κ2) is 6.51. The molecule has 2 aromatic rings. The molecule has 0 radical (unpaired) electrons. The molecule has 4 N–H and O–H groups in total. The van der Waals surface area contributed by atoms with E-state index in [4.69, 9.17) is 10.3 Å². The average Bonchev–Trinajstić information content (AvgIpc) is 2.94. The summed E-state index contributed by atoms with van der Waals surface area (Å²) < 4.78 is 5.09. The van der Waals surface area contributed by atoms with Gasteiger partial charge in [-0.15, -0.1) is 0 Å². The van der Waals surface area contributed by atoms with E-state index in [1.165, 1.54) is 0 Å². The first kappa shape index (κ1) is 16.5. The van der Waals surface area contributed by atoms with Gasteiger partial charge in [-0.3, -0.25) is 14.9 Å². The molecule has 122 valence electrons. The lowest BCUT2D eigenvalue weighted by molar-refractivity contribution is -0.114. The number of carbonyl (C=O) groups excluding carboxylic acids is 2. The molecule has 2 amide bonds. The predicted molar refractivity (Wildman–Crippen MR) is 87.3 cm³/mol. The Bertz CT molecular complexity index is 716. The normalized spacial score (nSPS) is 11.1. The number of para-hydroxylation sites is 1. The summed E-state index contributed by atoms with van der Waals surface area (Å²) in [6.07, 6.45) is 0. The molecule has 0 spiro atoms. The van der Waals surface area contributed by atoms with Crippen molar-refractivity contribution < 1.29 is 14.1 Å². The van der Waals surface area contributed by atoms with Gasteiger partial charge in [-0.25, -0.2) is 0 Å². The van der Waals surface area contributed by atoms with Crippen LogP contribution in [0.15, 0.2) is 34.9 Å². The minimum atomic E-state index is -0.557. The number of anilines is 2. The number of carbonyl (C=O) groups is 2. The number of hydrogen-bond acceptors (Lipinski definition) is 5. The fraction of sp³-hybridized carbons (Fsp3) is 0.312. The summed E-state index contributed by atoms with van der Waals surface area (Å²) in [4.78, 5) is 23.3. The highest BCUT2D eigenvalue weighted by Crippen LogP contribution is 2.23. The number of nitrogens with two attached hydrogens (primary N) is 1. The number of rotatable bonds is 5. The van der Waals surface area contributed by atoms with Gasteiger partial charge >= 0.3 is 0 Å². The third-order valence-corrected chi connectivity index (χ3v) is 3.17. The van der Waals surface area contributed by atoms with Crippen LogP contribution < -0.4 is 16.4 Å². The van der Waals surface area contributed by atoms with Crippen molar-refractivity contribution in [1.29, 1.82) is 0 Å². The average molecular weight is 316 g/mol. The summed E-state index contributed by atoms with van der Waals surface area (Å²) in [7, 11) is 0. The molecule has 7 heteroatoms. The van der Waals surface area contributed by atoms with Crippen molar-refractivity contribution in [3.8, 4) is 0 Å². The van der Waals surface area contributed by atoms with Crippen LogP contribution in [0.4, 0.5) is 11.6 Å². The highest BCUT2D eigenvalue weighted by Gasteiger charge is 2.19. The van der Waals surface area contributed by atoms with Crippen LogP contribution in [0.2, 0.25) is 0 Å². The molecule has 0 atom stereocenters. The molecule has 1 heterocycles. The maximum absolute atomic E-state index is 11.9. The van der Waals surface area contributed by atoms with E-state index in [1.54, 1.807) is 30.3 Å². The van der Waals surface area contributed by atoms with Crippen molar-refractivity contribution in [2.45, 2.75) is 26.2 Å². The van der Waals surface area contributed by atoms with Gasteiger partial charge in [0, 0.05) is 17.2 Å². The number of amides is 2. The van der Waals surface area contributed by atoms with Gasteiger partial charge in [0.2, 0.25) is 11.8 Å². The Balaban J connectivity index is 1.96. The van der Waals surface area contributed by atoms with Crippen molar-refractivity contribution >= 4 is 23.4 Å². The van der Waals surface area contributed by atoms with Gasteiger partial charge < -0.3 is 15.6 Å². The van der Waals surface area contributed by atoms with E-state index in [2.05, 4.69) is 15.8 Å². The molecule has 0 aliphatic carbocycles. The maximum Gasteiger partial charge on any atom is 0.250 e. The Hall–Kier alpha value is -2.83. The predicted octanol–water partition coefficient (Wildman–Crippen LogP) is 2.12. The van der Waals surface area contributed by atoms with Crippen LogP contribution in [0.25, 0.3) is 0 Å². The van der Waals surface area contributed by atoms with Crippen LogP contribution in [0, 0.1) is 0 Å². The van der Waals surface area contributed by atoms with E-state index < -0.39 is 5.91 Å². The van der Waals surface area contributed by atoms with E-state index in [9.17, 15) is 9.59 Å². The summed E-state index contributed by atoms with van der Waals surface area (Å²) in [5, 5.41) is 9.41. The zero-order valence-corrected chi connectivity index (χ0v) is 13.3. The third-order valence-electron chi connectivity index (χ3n) is 3.17. The monoisotopic (exact) mass is 316 g/mol. The molecule has 0 saturated heterocycles. The Morgan fingerprint density at radius 2 is 1.96 bits per heavy atom. The number of primary amides is 1. The molecule has 0 aliphatic rings. The Morgan fingerprint density at radius 3 is 2.57 bits per heavy atom. The van der Waals surface area contributed by atoms with Crippen LogP contribution >= 0.6 is 0 Å². The molecule has 1 aromatic carbocycles. The summed E-state index contributed by atoms with van der Waals surface area (Å²) in [6, 6.07) is 8.41. The molecule has 0 bridgehead atoms. The molecule has 7 nitrogen and oxygen atoms in total. The molecule has 2 rings (SSSR count). The number of nitrogens with zero attached hydrogens (tertiary/aromatic N) is 1. The quantitative estimate of drug-likeness (QED) is 0.782. The number of benzene rings is 1. The van der Waals surface area contributed by atoms with Gasteiger partial charge in [-0.1, -0.05) is 38.1 Å². The minimum Gasteiger partial charge on any atom is -0.375 e. The molecule has 0 unspecified atom stereocenters. The van der Waals surface area contributed by atoms with Crippen LogP contribution in [0.1, 0.15) is 36.8 Å². The van der Waals surface area contributed by atoms with Gasteiger partial charge in [0.15, 0.2) is 0 Å².